The van der Waals surface area contributed by atoms with Crippen LogP contribution in [0.1, 0.15) is 52.8 Å². The minimum absolute atomic E-state index is 0.0272. The molecule has 3 amide bonds. The topological polar surface area (TPSA) is 74.8 Å². The number of Topliss-reactive ketones (excluding diaryl/α,β-unsaturated/α-hetero) is 1. The van der Waals surface area contributed by atoms with Crippen molar-refractivity contribution in [1.82, 2.24) is 10.0 Å². The molecule has 0 spiro atoms. The maximum atomic E-state index is 13.8. The number of benzene rings is 2. The van der Waals surface area contributed by atoms with Crippen LogP contribution in [0.4, 0.5) is 0 Å². The van der Waals surface area contributed by atoms with Crippen LogP contribution in [0.15, 0.2) is 48.5 Å². The first-order valence-corrected chi connectivity index (χ1v) is 12.5. The van der Waals surface area contributed by atoms with E-state index in [9.17, 15) is 19.2 Å². The normalized spacial score (nSPS) is 20.7. The van der Waals surface area contributed by atoms with Gasteiger partial charge in [0.1, 0.15) is 6.04 Å². The molecule has 1 saturated heterocycles. The largest absolute Gasteiger partial charge is 0.292 e. The summed E-state index contributed by atoms with van der Waals surface area (Å²) in [5.74, 6) is -3.04. The number of imide groups is 1. The molecule has 0 bridgehead atoms. The molecule has 1 aliphatic carbocycles. The third kappa shape index (κ3) is 4.59. The summed E-state index contributed by atoms with van der Waals surface area (Å²) in [5, 5.41) is 2.47. The minimum atomic E-state index is -1.18. The predicted octanol–water partition coefficient (Wildman–Crippen LogP) is 5.41. The van der Waals surface area contributed by atoms with E-state index in [0.717, 1.165) is 22.9 Å². The Balaban J connectivity index is 1.82. The fourth-order valence-corrected chi connectivity index (χ4v) is 5.31. The summed E-state index contributed by atoms with van der Waals surface area (Å²) in [6.07, 6.45) is 2.85. The number of amides is 3. The highest BCUT2D eigenvalue weighted by molar-refractivity contribution is 6.34. The lowest BCUT2D eigenvalue weighted by atomic mass is 9.81. The first-order chi connectivity index (χ1) is 16.3. The first kappa shape index (κ1) is 24.7. The average molecular weight is 522 g/mol. The number of carbonyl (C=O) groups is 4. The molecule has 2 aromatic carbocycles. The molecule has 4 rings (SSSR count). The zero-order valence-corrected chi connectivity index (χ0v) is 20.5. The summed E-state index contributed by atoms with van der Waals surface area (Å²) in [6, 6.07) is 11.4. The fourth-order valence-electron chi connectivity index (χ4n) is 4.76. The van der Waals surface area contributed by atoms with Crippen LogP contribution in [0.2, 0.25) is 10.0 Å². The molecule has 6 nitrogen and oxygen atoms in total. The van der Waals surface area contributed by atoms with Crippen LogP contribution in [0.5, 0.6) is 0 Å². The number of carbonyl (C=O) groups excluding carboxylic acids is 4. The lowest BCUT2D eigenvalue weighted by Gasteiger charge is -2.36. The summed E-state index contributed by atoms with van der Waals surface area (Å²) in [7, 11) is 0. The molecule has 1 heterocycles. The summed E-state index contributed by atoms with van der Waals surface area (Å²) < 4.78 is 0. The van der Waals surface area contributed by atoms with Crippen molar-refractivity contribution in [3.8, 4) is 0 Å². The van der Waals surface area contributed by atoms with E-state index in [-0.39, 0.29) is 28.5 Å². The van der Waals surface area contributed by atoms with Gasteiger partial charge in [-0.15, -0.1) is 11.6 Å². The van der Waals surface area contributed by atoms with Crippen molar-refractivity contribution in [2.24, 2.45) is 11.8 Å². The van der Waals surface area contributed by atoms with E-state index in [0.29, 0.717) is 17.9 Å². The Bertz CT molecular complexity index is 1100. The van der Waals surface area contributed by atoms with Gasteiger partial charge in [-0.3, -0.25) is 19.2 Å². The van der Waals surface area contributed by atoms with E-state index < -0.39 is 41.4 Å². The van der Waals surface area contributed by atoms with E-state index in [4.69, 9.17) is 34.8 Å². The second-order valence-corrected chi connectivity index (χ2v) is 9.70. The number of nitrogens with zero attached hydrogens (tertiary/aromatic N) is 2. The Morgan fingerprint density at radius 3 is 2.09 bits per heavy atom. The molecule has 0 aromatic heterocycles. The van der Waals surface area contributed by atoms with Crippen molar-refractivity contribution in [3.63, 3.8) is 0 Å². The standard InChI is InChI=1S/C25H23Cl3N2O4/c26-14-13-21(22(31)15-9-11-16(27)12-10-15)29(25(34)19-7-3-4-8-20(19)28)30-23(32)17-5-1-2-6-18(17)24(30)33/h3-4,7-12,17-18,21H,1-2,5-6,13-14H2/t17-,18-,21-/m0/s1. The Morgan fingerprint density at radius 1 is 0.941 bits per heavy atom. The van der Waals surface area contributed by atoms with Crippen molar-refractivity contribution in [2.45, 2.75) is 38.1 Å². The molecule has 2 fully saturated rings. The van der Waals surface area contributed by atoms with E-state index in [1.165, 1.54) is 24.3 Å². The van der Waals surface area contributed by atoms with Crippen LogP contribution in [0.25, 0.3) is 0 Å². The Kier molecular flexibility index (Phi) is 7.60. The SMILES string of the molecule is O=C(c1ccc(Cl)cc1)[C@H](CCCl)N(C(=O)c1ccccc1Cl)N1C(=O)[C@H]2CCCC[C@@H]2C1=O. The zero-order valence-electron chi connectivity index (χ0n) is 18.3. The Hall–Kier alpha value is -2.41. The summed E-state index contributed by atoms with van der Waals surface area (Å²) in [5.41, 5.74) is 0.371. The molecule has 34 heavy (non-hydrogen) atoms. The smallest absolute Gasteiger partial charge is 0.275 e. The van der Waals surface area contributed by atoms with E-state index in [1.807, 2.05) is 0 Å². The number of halogens is 3. The van der Waals surface area contributed by atoms with Crippen LogP contribution in [0, 0.1) is 11.8 Å². The van der Waals surface area contributed by atoms with Gasteiger partial charge in [-0.05, 0) is 55.7 Å². The lowest BCUT2D eigenvalue weighted by Crippen LogP contribution is -2.57. The van der Waals surface area contributed by atoms with Gasteiger partial charge in [0.25, 0.3) is 17.7 Å². The van der Waals surface area contributed by atoms with Crippen molar-refractivity contribution in [2.75, 3.05) is 5.88 Å². The quantitative estimate of drug-likeness (QED) is 0.277. The monoisotopic (exact) mass is 520 g/mol. The van der Waals surface area contributed by atoms with Gasteiger partial charge in [-0.1, -0.05) is 48.2 Å². The average Bonchev–Trinajstić information content (AvgIpc) is 3.09. The highest BCUT2D eigenvalue weighted by Crippen LogP contribution is 2.40. The van der Waals surface area contributed by atoms with Crippen molar-refractivity contribution < 1.29 is 19.2 Å². The van der Waals surface area contributed by atoms with Gasteiger partial charge >= 0.3 is 0 Å². The molecule has 1 aliphatic heterocycles. The fraction of sp³-hybridized carbons (Fsp3) is 0.360. The third-order valence-electron chi connectivity index (χ3n) is 6.45. The van der Waals surface area contributed by atoms with E-state index in [2.05, 4.69) is 0 Å². The molecule has 3 atom stereocenters. The number of hydrogen-bond donors (Lipinski definition) is 0. The van der Waals surface area contributed by atoms with Gasteiger partial charge < -0.3 is 0 Å². The molecule has 178 valence electrons. The number of rotatable bonds is 7. The molecule has 0 N–H and O–H groups in total. The van der Waals surface area contributed by atoms with Crippen LogP contribution in [-0.2, 0) is 9.59 Å². The number of ketones is 1. The maximum Gasteiger partial charge on any atom is 0.275 e. The molecule has 2 aliphatic rings. The third-order valence-corrected chi connectivity index (χ3v) is 7.25. The van der Waals surface area contributed by atoms with Gasteiger partial charge in [0.15, 0.2) is 5.78 Å². The number of alkyl halides is 1. The van der Waals surface area contributed by atoms with Crippen LogP contribution >= 0.6 is 34.8 Å². The summed E-state index contributed by atoms with van der Waals surface area (Å²) >= 11 is 18.3. The number of hydrogen-bond acceptors (Lipinski definition) is 4. The highest BCUT2D eigenvalue weighted by atomic mass is 35.5. The molecular formula is C25H23Cl3N2O4. The van der Waals surface area contributed by atoms with Gasteiger partial charge in [0.2, 0.25) is 0 Å². The van der Waals surface area contributed by atoms with Crippen LogP contribution < -0.4 is 0 Å². The summed E-state index contributed by atoms with van der Waals surface area (Å²) in [4.78, 5) is 54.3. The summed E-state index contributed by atoms with van der Waals surface area (Å²) in [6.45, 7) is 0. The molecule has 0 unspecified atom stereocenters. The zero-order chi connectivity index (χ0) is 24.4. The maximum absolute atomic E-state index is 13.8. The van der Waals surface area contributed by atoms with E-state index in [1.54, 1.807) is 24.3 Å². The van der Waals surface area contributed by atoms with Crippen molar-refractivity contribution >= 4 is 58.3 Å². The first-order valence-electron chi connectivity index (χ1n) is 11.2. The Labute approximate surface area is 212 Å². The van der Waals surface area contributed by atoms with Gasteiger partial charge in [-0.25, -0.2) is 5.01 Å². The van der Waals surface area contributed by atoms with Gasteiger partial charge in [0.05, 0.1) is 22.4 Å². The second-order valence-electron chi connectivity index (χ2n) is 8.48. The molecule has 1 saturated carbocycles. The predicted molar refractivity (Wildman–Crippen MR) is 130 cm³/mol. The minimum Gasteiger partial charge on any atom is -0.292 e. The number of fused-ring (bicyclic) bond motifs is 1. The molecular weight excluding hydrogens is 499 g/mol. The van der Waals surface area contributed by atoms with E-state index >= 15 is 0 Å². The number of hydrazine groups is 1. The Morgan fingerprint density at radius 2 is 1.53 bits per heavy atom. The van der Waals surface area contributed by atoms with Crippen molar-refractivity contribution in [3.05, 3.63) is 69.7 Å². The van der Waals surface area contributed by atoms with Crippen molar-refractivity contribution in [1.29, 1.82) is 0 Å². The van der Waals surface area contributed by atoms with Gasteiger partial charge in [0, 0.05) is 16.5 Å². The molecule has 9 heteroatoms. The van der Waals surface area contributed by atoms with Crippen LogP contribution in [0.3, 0.4) is 0 Å². The molecule has 0 radical (unpaired) electrons. The second kappa shape index (κ2) is 10.5. The molecule has 2 aromatic rings. The van der Waals surface area contributed by atoms with Gasteiger partial charge in [-0.2, -0.15) is 5.01 Å². The lowest BCUT2D eigenvalue weighted by molar-refractivity contribution is -0.156. The highest BCUT2D eigenvalue weighted by Gasteiger charge is 2.53. The van der Waals surface area contributed by atoms with Crippen LogP contribution in [-0.4, -0.2) is 45.4 Å².